The van der Waals surface area contributed by atoms with Crippen molar-refractivity contribution in [2.24, 2.45) is 0 Å². The van der Waals surface area contributed by atoms with Crippen molar-refractivity contribution in [3.8, 4) is 0 Å². The van der Waals surface area contributed by atoms with Crippen molar-refractivity contribution in [3.63, 3.8) is 0 Å². The largest absolute Gasteiger partial charge is 0.452 e. The molecular formula is C17H14Cl2N2O3. The van der Waals surface area contributed by atoms with Gasteiger partial charge in [-0.25, -0.2) is 9.78 Å². The lowest BCUT2D eigenvalue weighted by molar-refractivity contribution is -0.122. The van der Waals surface area contributed by atoms with Crippen LogP contribution in [0, 0.1) is 0 Å². The highest BCUT2D eigenvalue weighted by Gasteiger charge is 2.31. The number of nitrogens with zero attached hydrogens (tertiary/aromatic N) is 2. The van der Waals surface area contributed by atoms with E-state index in [1.54, 1.807) is 4.90 Å². The fourth-order valence-electron chi connectivity index (χ4n) is 2.76. The third-order valence-electron chi connectivity index (χ3n) is 3.83. The molecule has 0 unspecified atom stereocenters. The Labute approximate surface area is 149 Å². The maximum Gasteiger partial charge on any atom is 0.340 e. The Balaban J connectivity index is 1.67. The summed E-state index contributed by atoms with van der Waals surface area (Å²) < 4.78 is 5.09. The Hall–Kier alpha value is -2.11. The highest BCUT2D eigenvalue weighted by molar-refractivity contribution is 6.41. The number of pyridine rings is 1. The molecule has 24 heavy (non-hydrogen) atoms. The molecule has 1 aliphatic heterocycles. The molecule has 0 radical (unpaired) electrons. The quantitative estimate of drug-likeness (QED) is 0.617. The van der Waals surface area contributed by atoms with Crippen molar-refractivity contribution in [1.29, 1.82) is 0 Å². The fourth-order valence-corrected chi connectivity index (χ4v) is 3.03. The standard InChI is InChI=1S/C17H14Cl2N2O3/c1-10-6-11-4-2-3-5-14(11)21(10)15(22)9-24-17(23)12-7-13(18)16(19)20-8-12/h2-5,7-8,10H,6,9H2,1H3/t10-/m1/s1. The Morgan fingerprint density at radius 2 is 2.08 bits per heavy atom. The van der Waals surface area contributed by atoms with Crippen LogP contribution in [0.4, 0.5) is 5.69 Å². The summed E-state index contributed by atoms with van der Waals surface area (Å²) in [5.41, 5.74) is 2.12. The average molecular weight is 365 g/mol. The normalized spacial score (nSPS) is 16.0. The molecule has 0 spiro atoms. The third kappa shape index (κ3) is 3.23. The van der Waals surface area contributed by atoms with Gasteiger partial charge in [0, 0.05) is 17.9 Å². The predicted molar refractivity (Wildman–Crippen MR) is 91.6 cm³/mol. The van der Waals surface area contributed by atoms with Crippen LogP contribution in [-0.4, -0.2) is 29.5 Å². The molecule has 2 aromatic rings. The van der Waals surface area contributed by atoms with Crippen LogP contribution in [-0.2, 0) is 16.0 Å². The summed E-state index contributed by atoms with van der Waals surface area (Å²) in [6.45, 7) is 1.61. The third-order valence-corrected chi connectivity index (χ3v) is 4.52. The van der Waals surface area contributed by atoms with E-state index in [0.717, 1.165) is 17.7 Å². The highest BCUT2D eigenvalue weighted by Crippen LogP contribution is 2.31. The summed E-state index contributed by atoms with van der Waals surface area (Å²) in [5, 5.41) is 0.256. The van der Waals surface area contributed by atoms with Gasteiger partial charge in [-0.15, -0.1) is 0 Å². The molecule has 1 aromatic heterocycles. The van der Waals surface area contributed by atoms with E-state index in [-0.39, 0.29) is 34.3 Å². The van der Waals surface area contributed by atoms with Gasteiger partial charge in [0.15, 0.2) is 6.61 Å². The van der Waals surface area contributed by atoms with Gasteiger partial charge in [-0.05, 0) is 31.0 Å². The molecule has 0 aliphatic carbocycles. The Morgan fingerprint density at radius 1 is 1.33 bits per heavy atom. The van der Waals surface area contributed by atoms with E-state index in [1.807, 2.05) is 31.2 Å². The van der Waals surface area contributed by atoms with Crippen LogP contribution in [0.15, 0.2) is 36.5 Å². The number of hydrogen-bond acceptors (Lipinski definition) is 4. The number of carbonyl (C=O) groups is 2. The first-order valence-electron chi connectivity index (χ1n) is 7.35. The topological polar surface area (TPSA) is 59.5 Å². The number of amides is 1. The molecule has 5 nitrogen and oxygen atoms in total. The molecule has 0 saturated carbocycles. The first-order chi connectivity index (χ1) is 11.5. The van der Waals surface area contributed by atoms with E-state index in [0.29, 0.717) is 0 Å². The molecule has 7 heteroatoms. The van der Waals surface area contributed by atoms with Crippen molar-refractivity contribution in [2.75, 3.05) is 11.5 Å². The van der Waals surface area contributed by atoms with Crippen LogP contribution in [0.1, 0.15) is 22.8 Å². The Morgan fingerprint density at radius 3 is 2.83 bits per heavy atom. The fraction of sp³-hybridized carbons (Fsp3) is 0.235. The molecular weight excluding hydrogens is 351 g/mol. The molecule has 1 amide bonds. The number of ether oxygens (including phenoxy) is 1. The van der Waals surface area contributed by atoms with Gasteiger partial charge in [0.1, 0.15) is 5.15 Å². The van der Waals surface area contributed by atoms with Gasteiger partial charge in [0.05, 0.1) is 10.6 Å². The molecule has 1 aliphatic rings. The SMILES string of the molecule is C[C@@H]1Cc2ccccc2N1C(=O)COC(=O)c1cnc(Cl)c(Cl)c1. The van der Waals surface area contributed by atoms with Gasteiger partial charge in [-0.3, -0.25) is 4.79 Å². The lowest BCUT2D eigenvalue weighted by atomic mass is 10.1. The van der Waals surface area contributed by atoms with Crippen LogP contribution < -0.4 is 4.90 Å². The number of halogens is 2. The zero-order chi connectivity index (χ0) is 17.3. The monoisotopic (exact) mass is 364 g/mol. The lowest BCUT2D eigenvalue weighted by Crippen LogP contribution is -2.38. The average Bonchev–Trinajstić information content (AvgIpc) is 2.90. The van der Waals surface area contributed by atoms with E-state index in [1.165, 1.54) is 12.3 Å². The van der Waals surface area contributed by atoms with Crippen molar-refractivity contribution in [3.05, 3.63) is 57.8 Å². The highest BCUT2D eigenvalue weighted by atomic mass is 35.5. The van der Waals surface area contributed by atoms with Crippen molar-refractivity contribution in [1.82, 2.24) is 4.98 Å². The first-order valence-corrected chi connectivity index (χ1v) is 8.11. The van der Waals surface area contributed by atoms with Crippen LogP contribution in [0.2, 0.25) is 10.2 Å². The smallest absolute Gasteiger partial charge is 0.340 e. The van der Waals surface area contributed by atoms with Gasteiger partial charge < -0.3 is 9.64 Å². The van der Waals surface area contributed by atoms with Gasteiger partial charge in [-0.2, -0.15) is 0 Å². The molecule has 2 heterocycles. The van der Waals surface area contributed by atoms with E-state index in [9.17, 15) is 9.59 Å². The van der Waals surface area contributed by atoms with Crippen LogP contribution in [0.5, 0.6) is 0 Å². The number of fused-ring (bicyclic) bond motifs is 1. The van der Waals surface area contributed by atoms with Crippen molar-refractivity contribution in [2.45, 2.75) is 19.4 Å². The first kappa shape index (κ1) is 16.7. The minimum atomic E-state index is -0.672. The minimum Gasteiger partial charge on any atom is -0.452 e. The van der Waals surface area contributed by atoms with Gasteiger partial charge in [-0.1, -0.05) is 41.4 Å². The van der Waals surface area contributed by atoms with Gasteiger partial charge in [0.25, 0.3) is 5.91 Å². The summed E-state index contributed by atoms with van der Waals surface area (Å²) in [6, 6.07) is 9.09. The van der Waals surface area contributed by atoms with Gasteiger partial charge in [0.2, 0.25) is 0 Å². The van der Waals surface area contributed by atoms with Crippen molar-refractivity contribution < 1.29 is 14.3 Å². The van der Waals surface area contributed by atoms with Crippen LogP contribution in [0.3, 0.4) is 0 Å². The molecule has 0 bridgehead atoms. The summed E-state index contributed by atoms with van der Waals surface area (Å²) in [6.07, 6.45) is 2.04. The number of aromatic nitrogens is 1. The summed E-state index contributed by atoms with van der Waals surface area (Å²) in [5.74, 6) is -0.941. The van der Waals surface area contributed by atoms with E-state index < -0.39 is 5.97 Å². The number of carbonyl (C=O) groups excluding carboxylic acids is 2. The number of hydrogen-bond donors (Lipinski definition) is 0. The Kier molecular flexibility index (Phi) is 4.73. The number of anilines is 1. The molecule has 3 rings (SSSR count). The predicted octanol–water partition coefficient (Wildman–Crippen LogP) is 3.52. The molecule has 0 saturated heterocycles. The summed E-state index contributed by atoms with van der Waals surface area (Å²) >= 11 is 11.5. The van der Waals surface area contributed by atoms with Gasteiger partial charge >= 0.3 is 5.97 Å². The zero-order valence-electron chi connectivity index (χ0n) is 12.8. The molecule has 1 atom stereocenters. The molecule has 1 aromatic carbocycles. The number of esters is 1. The maximum atomic E-state index is 12.5. The number of rotatable bonds is 3. The van der Waals surface area contributed by atoms with Crippen LogP contribution >= 0.6 is 23.2 Å². The lowest BCUT2D eigenvalue weighted by Gasteiger charge is -2.22. The number of benzene rings is 1. The van der Waals surface area contributed by atoms with E-state index in [4.69, 9.17) is 27.9 Å². The second-order valence-corrected chi connectivity index (χ2v) is 6.28. The van der Waals surface area contributed by atoms with E-state index in [2.05, 4.69) is 4.98 Å². The number of para-hydroxylation sites is 1. The summed E-state index contributed by atoms with van der Waals surface area (Å²) in [7, 11) is 0. The zero-order valence-corrected chi connectivity index (χ0v) is 14.3. The summed E-state index contributed by atoms with van der Waals surface area (Å²) in [4.78, 5) is 29.9. The second-order valence-electron chi connectivity index (χ2n) is 5.52. The molecule has 0 fully saturated rings. The molecule has 124 valence electrons. The minimum absolute atomic E-state index is 0.0280. The van der Waals surface area contributed by atoms with Crippen molar-refractivity contribution >= 4 is 40.8 Å². The Bertz CT molecular complexity index is 810. The van der Waals surface area contributed by atoms with Crippen LogP contribution in [0.25, 0.3) is 0 Å². The second kappa shape index (κ2) is 6.79. The van der Waals surface area contributed by atoms with E-state index >= 15 is 0 Å². The maximum absolute atomic E-state index is 12.5. The molecule has 0 N–H and O–H groups in total.